The number of carbonyl (C=O) groups excluding carboxylic acids is 2. The molecular formula is C22H26N4O2. The smallest absolute Gasteiger partial charge is 0.239 e. The van der Waals surface area contributed by atoms with Crippen LogP contribution in [0.5, 0.6) is 0 Å². The van der Waals surface area contributed by atoms with Crippen LogP contribution in [0.3, 0.4) is 0 Å². The van der Waals surface area contributed by atoms with Gasteiger partial charge in [-0.25, -0.2) is 0 Å². The topological polar surface area (TPSA) is 56.8 Å². The van der Waals surface area contributed by atoms with Crippen molar-refractivity contribution in [1.82, 2.24) is 9.88 Å². The van der Waals surface area contributed by atoms with E-state index in [0.717, 1.165) is 30.8 Å². The summed E-state index contributed by atoms with van der Waals surface area (Å²) in [5, 5.41) is 0. The zero-order valence-corrected chi connectivity index (χ0v) is 16.3. The van der Waals surface area contributed by atoms with Gasteiger partial charge in [-0.15, -0.1) is 0 Å². The monoisotopic (exact) mass is 378 g/mol. The number of nitrogens with zero attached hydrogens (tertiary/aromatic N) is 4. The molecule has 2 aromatic rings. The maximum Gasteiger partial charge on any atom is 0.239 e. The number of hydrogen-bond acceptors (Lipinski definition) is 4. The minimum Gasteiger partial charge on any atom is -0.369 e. The van der Waals surface area contributed by atoms with Crippen LogP contribution in [0.2, 0.25) is 0 Å². The lowest BCUT2D eigenvalue weighted by atomic mass is 10.1. The van der Waals surface area contributed by atoms with Gasteiger partial charge in [0, 0.05) is 56.5 Å². The first kappa shape index (κ1) is 18.5. The third-order valence-corrected chi connectivity index (χ3v) is 5.71. The lowest BCUT2D eigenvalue weighted by molar-refractivity contribution is -0.139. The summed E-state index contributed by atoms with van der Waals surface area (Å²) >= 11 is 0. The molecule has 0 N–H and O–H groups in total. The van der Waals surface area contributed by atoms with E-state index in [0.29, 0.717) is 26.1 Å². The Bertz CT molecular complexity index is 855. The van der Waals surface area contributed by atoms with Crippen molar-refractivity contribution in [1.29, 1.82) is 0 Å². The molecular weight excluding hydrogens is 352 g/mol. The van der Waals surface area contributed by atoms with Gasteiger partial charge in [0.1, 0.15) is 5.92 Å². The lowest BCUT2D eigenvalue weighted by Crippen LogP contribution is -2.42. The van der Waals surface area contributed by atoms with Crippen LogP contribution < -0.4 is 9.80 Å². The first-order valence-electron chi connectivity index (χ1n) is 9.96. The van der Waals surface area contributed by atoms with Crippen molar-refractivity contribution in [3.63, 3.8) is 0 Å². The summed E-state index contributed by atoms with van der Waals surface area (Å²) in [6, 6.07) is 11.6. The second kappa shape index (κ2) is 8.00. The Kier molecular flexibility index (Phi) is 5.28. The summed E-state index contributed by atoms with van der Waals surface area (Å²) in [6.45, 7) is 5.70. The molecule has 6 nitrogen and oxygen atoms in total. The third-order valence-electron chi connectivity index (χ3n) is 5.71. The molecule has 3 heterocycles. The van der Waals surface area contributed by atoms with Gasteiger partial charge in [0.15, 0.2) is 0 Å². The van der Waals surface area contributed by atoms with E-state index in [1.165, 1.54) is 5.69 Å². The maximum absolute atomic E-state index is 13.1. The van der Waals surface area contributed by atoms with Crippen molar-refractivity contribution < 1.29 is 9.59 Å². The molecule has 2 fully saturated rings. The highest BCUT2D eigenvalue weighted by atomic mass is 16.2. The van der Waals surface area contributed by atoms with Crippen molar-refractivity contribution in [2.75, 3.05) is 42.5 Å². The maximum atomic E-state index is 13.1. The number of para-hydroxylation sites is 1. The number of benzene rings is 1. The van der Waals surface area contributed by atoms with Crippen LogP contribution in [0.1, 0.15) is 18.4 Å². The number of anilines is 2. The van der Waals surface area contributed by atoms with Crippen LogP contribution in [-0.2, 0) is 9.59 Å². The van der Waals surface area contributed by atoms with Crippen molar-refractivity contribution in [3.8, 4) is 0 Å². The zero-order chi connectivity index (χ0) is 19.5. The fourth-order valence-electron chi connectivity index (χ4n) is 4.19. The van der Waals surface area contributed by atoms with Crippen molar-refractivity contribution in [2.45, 2.75) is 19.8 Å². The number of aromatic nitrogens is 1. The SMILES string of the molecule is Cc1cnccc1N1CCCN(C(=O)[C@@H]2CCN(c3ccccc3)C2=O)CC1. The number of amides is 2. The van der Waals surface area contributed by atoms with Gasteiger partial charge >= 0.3 is 0 Å². The Morgan fingerprint density at radius 1 is 1.04 bits per heavy atom. The van der Waals surface area contributed by atoms with Gasteiger partial charge in [0.05, 0.1) is 0 Å². The second-order valence-corrected chi connectivity index (χ2v) is 7.49. The number of hydrogen-bond donors (Lipinski definition) is 0. The Hall–Kier alpha value is -2.89. The first-order valence-corrected chi connectivity index (χ1v) is 9.96. The minimum absolute atomic E-state index is 0.0169. The van der Waals surface area contributed by atoms with E-state index in [1.807, 2.05) is 53.7 Å². The van der Waals surface area contributed by atoms with Gasteiger partial charge in [-0.05, 0) is 43.5 Å². The molecule has 0 aliphatic carbocycles. The molecule has 28 heavy (non-hydrogen) atoms. The number of rotatable bonds is 3. The highest BCUT2D eigenvalue weighted by molar-refractivity contribution is 6.09. The molecule has 0 radical (unpaired) electrons. The van der Waals surface area contributed by atoms with E-state index in [9.17, 15) is 9.59 Å². The molecule has 2 aliphatic rings. The fraction of sp³-hybridized carbons (Fsp3) is 0.409. The van der Waals surface area contributed by atoms with Gasteiger partial charge < -0.3 is 14.7 Å². The number of pyridine rings is 1. The molecule has 0 bridgehead atoms. The van der Waals surface area contributed by atoms with E-state index >= 15 is 0 Å². The van der Waals surface area contributed by atoms with E-state index < -0.39 is 5.92 Å². The summed E-state index contributed by atoms with van der Waals surface area (Å²) in [6.07, 6.45) is 5.18. The van der Waals surface area contributed by atoms with Gasteiger partial charge in [0.2, 0.25) is 11.8 Å². The number of carbonyl (C=O) groups is 2. The predicted molar refractivity (Wildman–Crippen MR) is 109 cm³/mol. The molecule has 2 saturated heterocycles. The Balaban J connectivity index is 1.42. The average Bonchev–Trinajstić information content (AvgIpc) is 2.94. The second-order valence-electron chi connectivity index (χ2n) is 7.49. The quantitative estimate of drug-likeness (QED) is 0.770. The normalized spacial score (nSPS) is 20.4. The van der Waals surface area contributed by atoms with Crippen LogP contribution >= 0.6 is 0 Å². The minimum atomic E-state index is -0.547. The molecule has 4 rings (SSSR count). The summed E-state index contributed by atoms with van der Waals surface area (Å²) in [5.74, 6) is -0.631. The van der Waals surface area contributed by atoms with Crippen LogP contribution in [0.25, 0.3) is 0 Å². The molecule has 0 spiro atoms. The van der Waals surface area contributed by atoms with Crippen molar-refractivity contribution >= 4 is 23.2 Å². The predicted octanol–water partition coefficient (Wildman–Crippen LogP) is 2.48. The first-order chi connectivity index (χ1) is 13.6. The van der Waals surface area contributed by atoms with Crippen LogP contribution in [0, 0.1) is 12.8 Å². The van der Waals surface area contributed by atoms with Gasteiger partial charge in [-0.1, -0.05) is 18.2 Å². The fourth-order valence-corrected chi connectivity index (χ4v) is 4.19. The largest absolute Gasteiger partial charge is 0.369 e. The van der Waals surface area contributed by atoms with Crippen LogP contribution in [0.15, 0.2) is 48.8 Å². The molecule has 1 aromatic heterocycles. The molecule has 1 aromatic carbocycles. The summed E-state index contributed by atoms with van der Waals surface area (Å²) in [5.41, 5.74) is 3.20. The van der Waals surface area contributed by atoms with Crippen molar-refractivity contribution in [2.24, 2.45) is 5.92 Å². The van der Waals surface area contributed by atoms with E-state index in [4.69, 9.17) is 0 Å². The highest BCUT2D eigenvalue weighted by Gasteiger charge is 2.39. The van der Waals surface area contributed by atoms with E-state index in [1.54, 1.807) is 4.90 Å². The third kappa shape index (κ3) is 3.59. The summed E-state index contributed by atoms with van der Waals surface area (Å²) in [4.78, 5) is 36.1. The van der Waals surface area contributed by atoms with Crippen molar-refractivity contribution in [3.05, 3.63) is 54.4 Å². The average molecular weight is 378 g/mol. The van der Waals surface area contributed by atoms with E-state index in [-0.39, 0.29) is 11.8 Å². The van der Waals surface area contributed by atoms with Crippen LogP contribution in [-0.4, -0.2) is 54.4 Å². The molecule has 2 aliphatic heterocycles. The Labute approximate surface area is 165 Å². The summed E-state index contributed by atoms with van der Waals surface area (Å²) in [7, 11) is 0. The molecule has 0 saturated carbocycles. The summed E-state index contributed by atoms with van der Waals surface area (Å²) < 4.78 is 0. The standard InChI is InChI=1S/C22H26N4O2/c1-17-16-23-10-8-20(17)24-11-5-12-25(15-14-24)21(27)19-9-13-26(22(19)28)18-6-3-2-4-7-18/h2-4,6-8,10,16,19H,5,9,11-15H2,1H3/t19-/m0/s1. The molecule has 2 amide bonds. The Morgan fingerprint density at radius 3 is 2.64 bits per heavy atom. The molecule has 0 unspecified atom stereocenters. The van der Waals surface area contributed by atoms with Gasteiger partial charge in [-0.3, -0.25) is 14.6 Å². The van der Waals surface area contributed by atoms with Crippen LogP contribution in [0.4, 0.5) is 11.4 Å². The molecule has 6 heteroatoms. The Morgan fingerprint density at radius 2 is 1.86 bits per heavy atom. The van der Waals surface area contributed by atoms with Gasteiger partial charge in [0.25, 0.3) is 0 Å². The van der Waals surface area contributed by atoms with E-state index in [2.05, 4.69) is 16.8 Å². The highest BCUT2D eigenvalue weighted by Crippen LogP contribution is 2.27. The zero-order valence-electron chi connectivity index (χ0n) is 16.3. The molecule has 146 valence electrons. The number of aryl methyl sites for hydroxylation is 1. The van der Waals surface area contributed by atoms with Gasteiger partial charge in [-0.2, -0.15) is 0 Å². The lowest BCUT2D eigenvalue weighted by Gasteiger charge is -2.26. The molecule has 1 atom stereocenters.